The van der Waals surface area contributed by atoms with Crippen LogP contribution in [-0.4, -0.2) is 17.6 Å². The van der Waals surface area contributed by atoms with E-state index in [0.717, 1.165) is 11.3 Å². The van der Waals surface area contributed by atoms with Crippen LogP contribution in [0.5, 0.6) is 5.75 Å². The fourth-order valence-corrected chi connectivity index (χ4v) is 2.43. The van der Waals surface area contributed by atoms with Gasteiger partial charge in [-0.2, -0.15) is 0 Å². The van der Waals surface area contributed by atoms with E-state index in [4.69, 9.17) is 4.74 Å². The van der Waals surface area contributed by atoms with Crippen LogP contribution in [0.15, 0.2) is 65.6 Å². The maximum absolute atomic E-state index is 12.2. The molecule has 3 rings (SSSR count). The average molecular weight is 308 g/mol. The first-order valence-electron chi connectivity index (χ1n) is 7.19. The predicted octanol–water partition coefficient (Wildman–Crippen LogP) is 2.65. The molecule has 0 atom stereocenters. The number of carbonyl (C=O) groups is 1. The van der Waals surface area contributed by atoms with E-state index in [1.54, 1.807) is 48.2 Å². The second-order valence-electron chi connectivity index (χ2n) is 5.10. The fourth-order valence-electron chi connectivity index (χ4n) is 2.43. The summed E-state index contributed by atoms with van der Waals surface area (Å²) < 4.78 is 6.84. The Morgan fingerprint density at radius 2 is 1.83 bits per heavy atom. The molecule has 0 saturated carbocycles. The highest BCUT2D eigenvalue weighted by Crippen LogP contribution is 2.15. The minimum atomic E-state index is -0.163. The maximum atomic E-state index is 12.2. The first-order chi connectivity index (χ1) is 11.2. The number of methoxy groups -OCH3 is 1. The van der Waals surface area contributed by atoms with Crippen molar-refractivity contribution in [2.75, 3.05) is 12.4 Å². The van der Waals surface area contributed by atoms with Gasteiger partial charge < -0.3 is 14.6 Å². The van der Waals surface area contributed by atoms with Crippen LogP contribution in [0.3, 0.4) is 0 Å². The van der Waals surface area contributed by atoms with Gasteiger partial charge in [-0.1, -0.05) is 12.1 Å². The van der Waals surface area contributed by atoms with Crippen LogP contribution in [0.4, 0.5) is 5.69 Å². The lowest BCUT2D eigenvalue weighted by Gasteiger charge is -2.11. The van der Waals surface area contributed by atoms with Crippen molar-refractivity contribution in [3.8, 4) is 5.75 Å². The minimum absolute atomic E-state index is 0.0487. The van der Waals surface area contributed by atoms with Crippen LogP contribution < -0.4 is 15.5 Å². The summed E-state index contributed by atoms with van der Waals surface area (Å²) in [7, 11) is 1.59. The molecular formula is C18H16N2O3. The standard InChI is InChI=1S/C18H16N2O3/c1-23-14-8-6-13(7-9-14)19-18(22)12-20-11-10-17(21)15-4-2-3-5-16(15)20/h2-11H,12H2,1H3,(H,19,22). The van der Waals surface area contributed by atoms with Gasteiger partial charge in [-0.3, -0.25) is 9.59 Å². The monoisotopic (exact) mass is 308 g/mol. The molecule has 1 aromatic heterocycles. The normalized spacial score (nSPS) is 10.5. The highest BCUT2D eigenvalue weighted by molar-refractivity contribution is 5.91. The Hall–Kier alpha value is -3.08. The van der Waals surface area contributed by atoms with Crippen molar-refractivity contribution in [1.29, 1.82) is 0 Å². The van der Waals surface area contributed by atoms with Crippen LogP contribution in [-0.2, 0) is 11.3 Å². The number of hydrogen-bond donors (Lipinski definition) is 1. The number of ether oxygens (including phenoxy) is 1. The summed E-state index contributed by atoms with van der Waals surface area (Å²) in [5, 5.41) is 3.43. The van der Waals surface area contributed by atoms with Crippen molar-refractivity contribution in [1.82, 2.24) is 4.57 Å². The summed E-state index contributed by atoms with van der Waals surface area (Å²) in [6.07, 6.45) is 1.64. The molecule has 0 fully saturated rings. The number of nitrogens with one attached hydrogen (secondary N) is 1. The molecule has 3 aromatic rings. The second kappa shape index (κ2) is 6.36. The molecule has 116 valence electrons. The lowest BCUT2D eigenvalue weighted by molar-refractivity contribution is -0.116. The van der Waals surface area contributed by atoms with Gasteiger partial charge in [0.1, 0.15) is 12.3 Å². The van der Waals surface area contributed by atoms with Gasteiger partial charge in [0, 0.05) is 23.3 Å². The first-order valence-corrected chi connectivity index (χ1v) is 7.19. The molecule has 0 aliphatic carbocycles. The van der Waals surface area contributed by atoms with Crippen LogP contribution in [0.1, 0.15) is 0 Å². The molecule has 2 aromatic carbocycles. The lowest BCUT2D eigenvalue weighted by Crippen LogP contribution is -2.20. The molecule has 0 aliphatic heterocycles. The highest BCUT2D eigenvalue weighted by Gasteiger charge is 2.07. The average Bonchev–Trinajstić information content (AvgIpc) is 2.58. The number of hydrogen-bond acceptors (Lipinski definition) is 3. The number of benzene rings is 2. The third-order valence-electron chi connectivity index (χ3n) is 3.57. The summed E-state index contributed by atoms with van der Waals surface area (Å²) in [6.45, 7) is 0.132. The largest absolute Gasteiger partial charge is 0.497 e. The molecule has 0 saturated heterocycles. The summed E-state index contributed by atoms with van der Waals surface area (Å²) in [4.78, 5) is 24.1. The first kappa shape index (κ1) is 14.8. The van der Waals surface area contributed by atoms with Gasteiger partial charge in [0.15, 0.2) is 5.43 Å². The van der Waals surface area contributed by atoms with Crippen LogP contribution >= 0.6 is 0 Å². The molecular weight excluding hydrogens is 292 g/mol. The quantitative estimate of drug-likeness (QED) is 0.806. The molecule has 1 heterocycles. The van der Waals surface area contributed by atoms with Crippen LogP contribution in [0.2, 0.25) is 0 Å². The van der Waals surface area contributed by atoms with E-state index >= 15 is 0 Å². The predicted molar refractivity (Wildman–Crippen MR) is 89.8 cm³/mol. The Kier molecular flexibility index (Phi) is 4.10. The number of carbonyl (C=O) groups excluding carboxylic acids is 1. The zero-order valence-corrected chi connectivity index (χ0v) is 12.7. The molecule has 23 heavy (non-hydrogen) atoms. The Balaban J connectivity index is 1.80. The maximum Gasteiger partial charge on any atom is 0.244 e. The molecule has 0 aliphatic rings. The summed E-state index contributed by atoms with van der Waals surface area (Å²) in [5.74, 6) is 0.568. The Bertz CT molecular complexity index is 898. The van der Waals surface area contributed by atoms with Crippen LogP contribution in [0, 0.1) is 0 Å². The van der Waals surface area contributed by atoms with Gasteiger partial charge in [-0.25, -0.2) is 0 Å². The van der Waals surface area contributed by atoms with Gasteiger partial charge >= 0.3 is 0 Å². The zero-order chi connectivity index (χ0) is 16.2. The lowest BCUT2D eigenvalue weighted by atomic mass is 10.2. The summed E-state index contributed by atoms with van der Waals surface area (Å²) in [5.41, 5.74) is 1.39. The number of pyridine rings is 1. The van der Waals surface area contributed by atoms with Crippen LogP contribution in [0.25, 0.3) is 10.9 Å². The molecule has 5 heteroatoms. The fraction of sp³-hybridized carbons (Fsp3) is 0.111. The van der Waals surface area contributed by atoms with Gasteiger partial charge in [-0.15, -0.1) is 0 Å². The molecule has 0 unspecified atom stereocenters. The minimum Gasteiger partial charge on any atom is -0.497 e. The molecule has 1 amide bonds. The number of nitrogens with zero attached hydrogens (tertiary/aromatic N) is 1. The third-order valence-corrected chi connectivity index (χ3v) is 3.57. The molecule has 5 nitrogen and oxygen atoms in total. The van der Waals surface area contributed by atoms with Crippen molar-refractivity contribution in [3.63, 3.8) is 0 Å². The van der Waals surface area contributed by atoms with Crippen molar-refractivity contribution < 1.29 is 9.53 Å². The number of rotatable bonds is 4. The third kappa shape index (κ3) is 3.23. The Labute approximate surface area is 133 Å². The number of fused-ring (bicyclic) bond motifs is 1. The van der Waals surface area contributed by atoms with Crippen molar-refractivity contribution >= 4 is 22.5 Å². The van der Waals surface area contributed by atoms with E-state index in [1.165, 1.54) is 6.07 Å². The number of amides is 1. The topological polar surface area (TPSA) is 60.3 Å². The highest BCUT2D eigenvalue weighted by atomic mass is 16.5. The van der Waals surface area contributed by atoms with Gasteiger partial charge in [0.2, 0.25) is 5.91 Å². The Morgan fingerprint density at radius 3 is 2.57 bits per heavy atom. The summed E-state index contributed by atoms with van der Waals surface area (Å²) >= 11 is 0. The van der Waals surface area contributed by atoms with E-state index in [-0.39, 0.29) is 17.9 Å². The number of aromatic nitrogens is 1. The van der Waals surface area contributed by atoms with Crippen molar-refractivity contribution in [3.05, 3.63) is 71.0 Å². The smallest absolute Gasteiger partial charge is 0.244 e. The van der Waals surface area contributed by atoms with Crippen molar-refractivity contribution in [2.45, 2.75) is 6.54 Å². The second-order valence-corrected chi connectivity index (χ2v) is 5.10. The zero-order valence-electron chi connectivity index (χ0n) is 12.7. The van der Waals surface area contributed by atoms with E-state index in [1.807, 2.05) is 18.2 Å². The van der Waals surface area contributed by atoms with E-state index < -0.39 is 0 Å². The van der Waals surface area contributed by atoms with E-state index in [2.05, 4.69) is 5.32 Å². The molecule has 0 radical (unpaired) electrons. The van der Waals surface area contributed by atoms with Gasteiger partial charge in [0.05, 0.1) is 12.6 Å². The molecule has 0 spiro atoms. The van der Waals surface area contributed by atoms with Gasteiger partial charge in [0.25, 0.3) is 0 Å². The van der Waals surface area contributed by atoms with E-state index in [0.29, 0.717) is 11.1 Å². The molecule has 0 bridgehead atoms. The number of para-hydroxylation sites is 1. The van der Waals surface area contributed by atoms with Gasteiger partial charge in [-0.05, 0) is 36.4 Å². The SMILES string of the molecule is COc1ccc(NC(=O)Cn2ccc(=O)c3ccccc32)cc1. The summed E-state index contributed by atoms with van der Waals surface area (Å²) in [6, 6.07) is 15.8. The molecule has 1 N–H and O–H groups in total. The van der Waals surface area contributed by atoms with Crippen molar-refractivity contribution in [2.24, 2.45) is 0 Å². The Morgan fingerprint density at radius 1 is 1.09 bits per heavy atom. The van der Waals surface area contributed by atoms with E-state index in [9.17, 15) is 9.59 Å². The number of anilines is 1.